The van der Waals surface area contributed by atoms with Crippen LogP contribution in [0.3, 0.4) is 0 Å². The Hall–Kier alpha value is -2.44. The first-order valence-corrected chi connectivity index (χ1v) is 11.6. The topological polar surface area (TPSA) is 51.7 Å². The fourth-order valence-corrected chi connectivity index (χ4v) is 5.36. The number of piperidine rings is 1. The second-order valence-corrected chi connectivity index (χ2v) is 9.14. The molecule has 5 nitrogen and oxygen atoms in total. The summed E-state index contributed by atoms with van der Waals surface area (Å²) >= 11 is 1.76. The van der Waals surface area contributed by atoms with Crippen LogP contribution in [0.4, 0.5) is 0 Å². The van der Waals surface area contributed by atoms with Gasteiger partial charge in [0.1, 0.15) is 12.4 Å². The highest BCUT2D eigenvalue weighted by Crippen LogP contribution is 2.33. The third-order valence-electron chi connectivity index (χ3n) is 5.93. The quantitative estimate of drug-likeness (QED) is 0.588. The average Bonchev–Trinajstić information content (AvgIpc) is 3.47. The summed E-state index contributed by atoms with van der Waals surface area (Å²) in [5.74, 6) is 1.19. The van der Waals surface area contributed by atoms with Crippen molar-refractivity contribution in [2.75, 3.05) is 26.3 Å². The molecule has 156 valence electrons. The number of hydrogen-bond acceptors (Lipinski definition) is 5. The van der Waals surface area contributed by atoms with Gasteiger partial charge < -0.3 is 14.4 Å². The molecule has 0 N–H and O–H groups in total. The number of likely N-dealkylation sites (tertiary alicyclic amines) is 1. The third kappa shape index (κ3) is 4.20. The molecule has 1 aromatic heterocycles. The van der Waals surface area contributed by atoms with Crippen LogP contribution in [0, 0.1) is 0 Å². The highest BCUT2D eigenvalue weighted by molar-refractivity contribution is 7.18. The molecule has 3 heterocycles. The summed E-state index contributed by atoms with van der Waals surface area (Å²) in [5.41, 5.74) is 1.77. The van der Waals surface area contributed by atoms with E-state index < -0.39 is 0 Å². The number of hydrogen-bond donors (Lipinski definition) is 0. The van der Waals surface area contributed by atoms with Crippen molar-refractivity contribution < 1.29 is 14.3 Å². The lowest BCUT2D eigenvalue weighted by Crippen LogP contribution is -2.39. The summed E-state index contributed by atoms with van der Waals surface area (Å²) in [7, 11) is 0. The summed E-state index contributed by atoms with van der Waals surface area (Å²) in [4.78, 5) is 19.9. The highest BCUT2D eigenvalue weighted by Gasteiger charge is 2.27. The lowest BCUT2D eigenvalue weighted by Gasteiger charge is -2.32. The monoisotopic (exact) mass is 422 g/mol. The molecule has 0 radical (unpaired) electrons. The molecule has 0 aliphatic carbocycles. The first kappa shape index (κ1) is 19.5. The van der Waals surface area contributed by atoms with E-state index in [9.17, 15) is 4.79 Å². The van der Waals surface area contributed by atoms with Crippen molar-refractivity contribution in [3.63, 3.8) is 0 Å². The Morgan fingerprint density at radius 3 is 2.80 bits per heavy atom. The maximum absolute atomic E-state index is 13.1. The van der Waals surface area contributed by atoms with E-state index in [1.807, 2.05) is 35.2 Å². The molecule has 3 aromatic rings. The number of ether oxygens (including phenoxy) is 2. The number of nitrogens with zero attached hydrogens (tertiary/aromatic N) is 2. The van der Waals surface area contributed by atoms with Crippen LogP contribution in [-0.4, -0.2) is 48.2 Å². The van der Waals surface area contributed by atoms with E-state index >= 15 is 0 Å². The number of aromatic nitrogens is 1. The standard InChI is InChI=1S/C24H26N2O3S/c27-24(17-9-11-19(12-10-17)29-16-20-6-4-14-28-20)26-13-3-5-18(15-26)23-25-21-7-1-2-8-22(21)30-23/h1-2,7-12,18,20H,3-6,13-16H2/t18-,20+/m0/s1. The highest BCUT2D eigenvalue weighted by atomic mass is 32.1. The lowest BCUT2D eigenvalue weighted by atomic mass is 9.98. The van der Waals surface area contributed by atoms with Gasteiger partial charge in [0.25, 0.3) is 5.91 Å². The smallest absolute Gasteiger partial charge is 0.253 e. The van der Waals surface area contributed by atoms with E-state index in [1.54, 1.807) is 11.3 Å². The first-order valence-electron chi connectivity index (χ1n) is 10.8. The molecule has 0 spiro atoms. The van der Waals surface area contributed by atoms with Gasteiger partial charge in [-0.05, 0) is 62.1 Å². The summed E-state index contributed by atoms with van der Waals surface area (Å²) in [5, 5.41) is 1.14. The number of thiazole rings is 1. The Morgan fingerprint density at radius 1 is 1.13 bits per heavy atom. The normalized spacial score (nSPS) is 21.8. The van der Waals surface area contributed by atoms with E-state index in [0.29, 0.717) is 18.1 Å². The van der Waals surface area contributed by atoms with Gasteiger partial charge in [-0.25, -0.2) is 4.98 Å². The molecular formula is C24H26N2O3S. The molecule has 2 fully saturated rings. The molecule has 2 aliphatic rings. The molecule has 2 aromatic carbocycles. The van der Waals surface area contributed by atoms with Gasteiger partial charge in [-0.2, -0.15) is 0 Å². The van der Waals surface area contributed by atoms with Crippen LogP contribution in [0.5, 0.6) is 5.75 Å². The van der Waals surface area contributed by atoms with Crippen molar-refractivity contribution in [3.05, 3.63) is 59.1 Å². The summed E-state index contributed by atoms with van der Waals surface area (Å²) in [6, 6.07) is 15.8. The van der Waals surface area contributed by atoms with Gasteiger partial charge in [-0.3, -0.25) is 4.79 Å². The Balaban J connectivity index is 1.22. The zero-order chi connectivity index (χ0) is 20.3. The summed E-state index contributed by atoms with van der Waals surface area (Å²) < 4.78 is 12.6. The van der Waals surface area contributed by atoms with Crippen LogP contribution in [-0.2, 0) is 4.74 Å². The average molecular weight is 423 g/mol. The molecule has 30 heavy (non-hydrogen) atoms. The van der Waals surface area contributed by atoms with Crippen LogP contribution < -0.4 is 4.74 Å². The number of fused-ring (bicyclic) bond motifs is 1. The number of rotatable bonds is 5. The number of carbonyl (C=O) groups is 1. The fraction of sp³-hybridized carbons (Fsp3) is 0.417. The van der Waals surface area contributed by atoms with Gasteiger partial charge in [0.05, 0.1) is 21.3 Å². The minimum atomic E-state index is 0.0893. The second-order valence-electron chi connectivity index (χ2n) is 8.08. The van der Waals surface area contributed by atoms with Crippen molar-refractivity contribution in [1.29, 1.82) is 0 Å². The Bertz CT molecular complexity index is 978. The third-order valence-corrected chi connectivity index (χ3v) is 7.13. The molecule has 2 saturated heterocycles. The summed E-state index contributed by atoms with van der Waals surface area (Å²) in [6.45, 7) is 2.94. The Morgan fingerprint density at radius 2 is 2.00 bits per heavy atom. The number of para-hydroxylation sites is 1. The van der Waals surface area contributed by atoms with E-state index in [4.69, 9.17) is 14.5 Å². The van der Waals surface area contributed by atoms with Gasteiger partial charge >= 0.3 is 0 Å². The minimum Gasteiger partial charge on any atom is -0.491 e. The number of amides is 1. The Kier molecular flexibility index (Phi) is 5.69. The first-order chi connectivity index (χ1) is 14.8. The molecule has 2 aliphatic heterocycles. The molecule has 1 amide bonds. The van der Waals surface area contributed by atoms with Crippen LogP contribution in [0.15, 0.2) is 48.5 Å². The predicted molar refractivity (Wildman–Crippen MR) is 118 cm³/mol. The maximum atomic E-state index is 13.1. The van der Waals surface area contributed by atoms with Crippen molar-refractivity contribution in [3.8, 4) is 5.75 Å². The zero-order valence-electron chi connectivity index (χ0n) is 17.0. The largest absolute Gasteiger partial charge is 0.491 e. The van der Waals surface area contributed by atoms with Crippen molar-refractivity contribution >= 4 is 27.5 Å². The van der Waals surface area contributed by atoms with E-state index in [-0.39, 0.29) is 12.0 Å². The molecule has 0 unspecified atom stereocenters. The molecule has 2 atom stereocenters. The zero-order valence-corrected chi connectivity index (χ0v) is 17.8. The van der Waals surface area contributed by atoms with Crippen molar-refractivity contribution in [2.24, 2.45) is 0 Å². The van der Waals surface area contributed by atoms with Crippen LogP contribution in [0.2, 0.25) is 0 Å². The van der Waals surface area contributed by atoms with Crippen LogP contribution in [0.25, 0.3) is 10.2 Å². The Labute approximate surface area is 180 Å². The van der Waals surface area contributed by atoms with Crippen molar-refractivity contribution in [1.82, 2.24) is 9.88 Å². The number of carbonyl (C=O) groups excluding carboxylic acids is 1. The minimum absolute atomic E-state index is 0.0893. The van der Waals surface area contributed by atoms with Gasteiger partial charge in [0, 0.05) is 31.2 Å². The van der Waals surface area contributed by atoms with Gasteiger partial charge in [0.15, 0.2) is 0 Å². The van der Waals surface area contributed by atoms with Crippen molar-refractivity contribution in [2.45, 2.75) is 37.7 Å². The molecule has 0 saturated carbocycles. The molecular weight excluding hydrogens is 396 g/mol. The van der Waals surface area contributed by atoms with Gasteiger partial charge in [-0.15, -0.1) is 11.3 Å². The predicted octanol–water partition coefficient (Wildman–Crippen LogP) is 4.87. The lowest BCUT2D eigenvalue weighted by molar-refractivity contribution is 0.0677. The van der Waals surface area contributed by atoms with E-state index in [0.717, 1.165) is 61.7 Å². The van der Waals surface area contributed by atoms with Gasteiger partial charge in [0.2, 0.25) is 0 Å². The fourth-order valence-electron chi connectivity index (χ4n) is 4.27. The van der Waals surface area contributed by atoms with E-state index in [2.05, 4.69) is 18.2 Å². The van der Waals surface area contributed by atoms with Crippen LogP contribution in [0.1, 0.15) is 47.0 Å². The SMILES string of the molecule is O=C(c1ccc(OC[C@H]2CCCO2)cc1)N1CCC[C@H](c2nc3ccccc3s2)C1. The second kappa shape index (κ2) is 8.74. The maximum Gasteiger partial charge on any atom is 0.253 e. The molecule has 6 heteroatoms. The van der Waals surface area contributed by atoms with E-state index in [1.165, 1.54) is 4.70 Å². The van der Waals surface area contributed by atoms with Crippen LogP contribution >= 0.6 is 11.3 Å². The number of benzene rings is 2. The summed E-state index contributed by atoms with van der Waals surface area (Å²) in [6.07, 6.45) is 4.45. The molecule has 0 bridgehead atoms. The molecule has 5 rings (SSSR count). The van der Waals surface area contributed by atoms with Gasteiger partial charge in [-0.1, -0.05) is 12.1 Å².